The smallest absolute Gasteiger partial charge is 0.0767 e. The van der Waals surface area contributed by atoms with Crippen LogP contribution in [0.5, 0.6) is 0 Å². The van der Waals surface area contributed by atoms with Crippen LogP contribution in [0.2, 0.25) is 0 Å². The van der Waals surface area contributed by atoms with Gasteiger partial charge in [-0.15, -0.1) is 0 Å². The zero-order valence-electron chi connectivity index (χ0n) is 9.72. The Morgan fingerprint density at radius 1 is 1.56 bits per heavy atom. The van der Waals surface area contributed by atoms with Crippen molar-refractivity contribution < 1.29 is 0 Å². The molecule has 0 aromatic carbocycles. The van der Waals surface area contributed by atoms with E-state index >= 15 is 0 Å². The van der Waals surface area contributed by atoms with Crippen LogP contribution in [0.3, 0.4) is 0 Å². The average Bonchev–Trinajstić information content (AvgIpc) is 2.85. The van der Waals surface area contributed by atoms with Crippen LogP contribution in [0.25, 0.3) is 0 Å². The molecule has 0 amide bonds. The molecule has 1 aliphatic heterocycles. The number of hydrogen-bond acceptors (Lipinski definition) is 4. The third kappa shape index (κ3) is 2.95. The van der Waals surface area contributed by atoms with Gasteiger partial charge in [-0.3, -0.25) is 9.97 Å². The second-order valence-corrected chi connectivity index (χ2v) is 5.46. The molecule has 1 aromatic rings. The molecule has 1 aliphatic rings. The molecule has 2 heterocycles. The predicted octanol–water partition coefficient (Wildman–Crippen LogP) is 2.41. The van der Waals surface area contributed by atoms with E-state index in [0.717, 1.165) is 18.7 Å². The highest BCUT2D eigenvalue weighted by Crippen LogP contribution is 2.35. The van der Waals surface area contributed by atoms with Gasteiger partial charge in [0, 0.05) is 17.6 Å². The maximum atomic E-state index is 4.44. The van der Waals surface area contributed by atoms with Gasteiger partial charge in [-0.2, -0.15) is 11.8 Å². The van der Waals surface area contributed by atoms with Gasteiger partial charge < -0.3 is 5.32 Å². The lowest BCUT2D eigenvalue weighted by atomic mass is 10.1. The Labute approximate surface area is 101 Å². The zero-order chi connectivity index (χ0) is 11.2. The second-order valence-electron chi connectivity index (χ2n) is 4.11. The van der Waals surface area contributed by atoms with Crippen LogP contribution < -0.4 is 5.32 Å². The van der Waals surface area contributed by atoms with Crippen LogP contribution in [-0.4, -0.2) is 27.5 Å². The van der Waals surface area contributed by atoms with Crippen LogP contribution in [0.1, 0.15) is 37.9 Å². The van der Waals surface area contributed by atoms with Gasteiger partial charge in [0.25, 0.3) is 0 Å². The third-order valence-corrected chi connectivity index (χ3v) is 4.31. The Balaban J connectivity index is 2.07. The summed E-state index contributed by atoms with van der Waals surface area (Å²) in [6.07, 6.45) is 9.21. The van der Waals surface area contributed by atoms with Gasteiger partial charge in [0.2, 0.25) is 0 Å². The molecule has 1 aromatic heterocycles. The van der Waals surface area contributed by atoms with E-state index in [0.29, 0.717) is 11.3 Å². The molecule has 2 atom stereocenters. The minimum absolute atomic E-state index is 0.376. The van der Waals surface area contributed by atoms with Crippen molar-refractivity contribution in [3.63, 3.8) is 0 Å². The SMILES string of the molecule is CCCNC(c1cnccn1)C1CCCS1. The van der Waals surface area contributed by atoms with Crippen LogP contribution in [0, 0.1) is 0 Å². The van der Waals surface area contributed by atoms with E-state index in [1.165, 1.54) is 18.6 Å². The van der Waals surface area contributed by atoms with Crippen molar-refractivity contribution in [2.24, 2.45) is 0 Å². The Bertz CT molecular complexity index is 298. The van der Waals surface area contributed by atoms with Crippen molar-refractivity contribution in [2.45, 2.75) is 37.5 Å². The fourth-order valence-electron chi connectivity index (χ4n) is 2.06. The van der Waals surface area contributed by atoms with Crippen molar-refractivity contribution in [3.05, 3.63) is 24.3 Å². The number of aromatic nitrogens is 2. The standard InChI is InChI=1S/C12H19N3S/c1-2-5-15-12(11-4-3-8-16-11)10-9-13-6-7-14-10/h6-7,9,11-12,15H,2-5,8H2,1H3. The van der Waals surface area contributed by atoms with Crippen molar-refractivity contribution in [1.82, 2.24) is 15.3 Å². The molecule has 3 nitrogen and oxygen atoms in total. The highest BCUT2D eigenvalue weighted by Gasteiger charge is 2.27. The Hall–Kier alpha value is -0.610. The second kappa shape index (κ2) is 6.21. The van der Waals surface area contributed by atoms with E-state index in [2.05, 4.69) is 34.0 Å². The molecule has 0 spiro atoms. The summed E-state index contributed by atoms with van der Waals surface area (Å²) in [6.45, 7) is 3.25. The normalized spacial score (nSPS) is 22.2. The molecule has 4 heteroatoms. The summed E-state index contributed by atoms with van der Waals surface area (Å²) in [5.41, 5.74) is 1.09. The van der Waals surface area contributed by atoms with Gasteiger partial charge in [0.1, 0.15) is 0 Å². The first-order chi connectivity index (χ1) is 7.92. The summed E-state index contributed by atoms with van der Waals surface area (Å²) in [6, 6.07) is 0.376. The van der Waals surface area contributed by atoms with Gasteiger partial charge in [-0.05, 0) is 31.6 Å². The fraction of sp³-hybridized carbons (Fsp3) is 0.667. The first-order valence-corrected chi connectivity index (χ1v) is 7.07. The minimum atomic E-state index is 0.376. The molecule has 0 bridgehead atoms. The van der Waals surface area contributed by atoms with E-state index in [-0.39, 0.29) is 0 Å². The molecule has 2 unspecified atom stereocenters. The maximum Gasteiger partial charge on any atom is 0.0767 e. The highest BCUT2D eigenvalue weighted by atomic mass is 32.2. The Morgan fingerprint density at radius 2 is 2.50 bits per heavy atom. The quantitative estimate of drug-likeness (QED) is 0.853. The summed E-state index contributed by atoms with van der Waals surface area (Å²) in [4.78, 5) is 8.61. The first-order valence-electron chi connectivity index (χ1n) is 6.02. The number of rotatable bonds is 5. The minimum Gasteiger partial charge on any atom is -0.308 e. The summed E-state index contributed by atoms with van der Waals surface area (Å²) in [5, 5.41) is 4.27. The monoisotopic (exact) mass is 237 g/mol. The fourth-order valence-corrected chi connectivity index (χ4v) is 3.46. The largest absolute Gasteiger partial charge is 0.308 e. The van der Waals surface area contributed by atoms with E-state index in [4.69, 9.17) is 0 Å². The predicted molar refractivity (Wildman–Crippen MR) is 68.5 cm³/mol. The maximum absolute atomic E-state index is 4.44. The topological polar surface area (TPSA) is 37.8 Å². The molecule has 0 radical (unpaired) electrons. The lowest BCUT2D eigenvalue weighted by Gasteiger charge is -2.23. The Kier molecular flexibility index (Phi) is 4.60. The van der Waals surface area contributed by atoms with E-state index in [1.807, 2.05) is 6.20 Å². The average molecular weight is 237 g/mol. The number of nitrogens with zero attached hydrogens (tertiary/aromatic N) is 2. The molecule has 2 rings (SSSR count). The number of thioether (sulfide) groups is 1. The van der Waals surface area contributed by atoms with E-state index in [9.17, 15) is 0 Å². The summed E-state index contributed by atoms with van der Waals surface area (Å²) in [5.74, 6) is 1.29. The van der Waals surface area contributed by atoms with Crippen LogP contribution in [-0.2, 0) is 0 Å². The summed E-state index contributed by atoms with van der Waals surface area (Å²) in [7, 11) is 0. The van der Waals surface area contributed by atoms with Gasteiger partial charge in [0.15, 0.2) is 0 Å². The van der Waals surface area contributed by atoms with Gasteiger partial charge in [-0.1, -0.05) is 6.92 Å². The van der Waals surface area contributed by atoms with Crippen LogP contribution in [0.4, 0.5) is 0 Å². The van der Waals surface area contributed by atoms with E-state index in [1.54, 1.807) is 12.4 Å². The molecule has 16 heavy (non-hydrogen) atoms. The molecule has 88 valence electrons. The molecule has 0 saturated carbocycles. The van der Waals surface area contributed by atoms with Crippen molar-refractivity contribution in [1.29, 1.82) is 0 Å². The van der Waals surface area contributed by atoms with Gasteiger partial charge in [-0.25, -0.2) is 0 Å². The lowest BCUT2D eigenvalue weighted by Crippen LogP contribution is -2.30. The molecule has 1 N–H and O–H groups in total. The molecule has 0 aliphatic carbocycles. The van der Waals surface area contributed by atoms with Crippen molar-refractivity contribution in [3.8, 4) is 0 Å². The zero-order valence-corrected chi connectivity index (χ0v) is 10.5. The van der Waals surface area contributed by atoms with E-state index < -0.39 is 0 Å². The molecule has 1 saturated heterocycles. The van der Waals surface area contributed by atoms with Gasteiger partial charge in [0.05, 0.1) is 17.9 Å². The summed E-state index contributed by atoms with van der Waals surface area (Å²) < 4.78 is 0. The molecular formula is C12H19N3S. The first kappa shape index (κ1) is 11.9. The summed E-state index contributed by atoms with van der Waals surface area (Å²) >= 11 is 2.07. The third-order valence-electron chi connectivity index (χ3n) is 2.85. The van der Waals surface area contributed by atoms with Crippen LogP contribution in [0.15, 0.2) is 18.6 Å². The molecule has 1 fully saturated rings. The van der Waals surface area contributed by atoms with Crippen LogP contribution >= 0.6 is 11.8 Å². The van der Waals surface area contributed by atoms with Crippen molar-refractivity contribution in [2.75, 3.05) is 12.3 Å². The molecular weight excluding hydrogens is 218 g/mol. The van der Waals surface area contributed by atoms with Gasteiger partial charge >= 0.3 is 0 Å². The van der Waals surface area contributed by atoms with Crippen molar-refractivity contribution >= 4 is 11.8 Å². The number of hydrogen-bond donors (Lipinski definition) is 1. The Morgan fingerprint density at radius 3 is 3.12 bits per heavy atom. The number of nitrogens with one attached hydrogen (secondary N) is 1. The lowest BCUT2D eigenvalue weighted by molar-refractivity contribution is 0.491. The highest BCUT2D eigenvalue weighted by molar-refractivity contribution is 8.00.